The van der Waals surface area contributed by atoms with Crippen molar-refractivity contribution in [1.82, 2.24) is 4.90 Å². The van der Waals surface area contributed by atoms with E-state index in [2.05, 4.69) is 32.6 Å². The van der Waals surface area contributed by atoms with Crippen LogP contribution in [-0.4, -0.2) is 43.8 Å². The molecule has 1 aliphatic carbocycles. The Morgan fingerprint density at radius 2 is 1.94 bits per heavy atom. The van der Waals surface area contributed by atoms with E-state index in [4.69, 9.17) is 10.5 Å². The zero-order valence-corrected chi connectivity index (χ0v) is 12.9. The predicted octanol–water partition coefficient (Wildman–Crippen LogP) is 2.50. The molecule has 2 N–H and O–H groups in total. The van der Waals surface area contributed by atoms with Gasteiger partial charge in [0.05, 0.1) is 6.61 Å². The van der Waals surface area contributed by atoms with Crippen molar-refractivity contribution in [1.29, 1.82) is 0 Å². The van der Waals surface area contributed by atoms with E-state index in [1.165, 1.54) is 12.8 Å². The van der Waals surface area contributed by atoms with Crippen LogP contribution < -0.4 is 5.73 Å². The fourth-order valence-corrected chi connectivity index (χ4v) is 3.14. The number of ether oxygens (including phenoxy) is 1. The van der Waals surface area contributed by atoms with E-state index >= 15 is 0 Å². The first-order valence-electron chi connectivity index (χ1n) is 7.38. The maximum absolute atomic E-state index is 6.35. The van der Waals surface area contributed by atoms with Crippen molar-refractivity contribution in [3.63, 3.8) is 0 Å². The summed E-state index contributed by atoms with van der Waals surface area (Å²) in [5.41, 5.74) is 6.75. The van der Waals surface area contributed by atoms with Gasteiger partial charge in [0.1, 0.15) is 0 Å². The van der Waals surface area contributed by atoms with Gasteiger partial charge in [-0.25, -0.2) is 0 Å². The lowest BCUT2D eigenvalue weighted by Gasteiger charge is -2.45. The fourth-order valence-electron chi connectivity index (χ4n) is 3.14. The molecular formula is C15H32N2O. The molecule has 18 heavy (non-hydrogen) atoms. The lowest BCUT2D eigenvalue weighted by atomic mass is 9.69. The molecule has 0 spiro atoms. The molecular weight excluding hydrogens is 224 g/mol. The molecule has 1 aliphatic rings. The highest BCUT2D eigenvalue weighted by atomic mass is 16.5. The maximum Gasteiger partial charge on any atom is 0.0589 e. The van der Waals surface area contributed by atoms with Crippen LogP contribution in [0.5, 0.6) is 0 Å². The number of hydrogen-bond donors (Lipinski definition) is 1. The Balaban J connectivity index is 2.65. The number of rotatable bonds is 5. The quantitative estimate of drug-likeness (QED) is 0.821. The summed E-state index contributed by atoms with van der Waals surface area (Å²) in [4.78, 5) is 2.51. The zero-order chi connectivity index (χ0) is 13.8. The van der Waals surface area contributed by atoms with Crippen LogP contribution in [0.2, 0.25) is 0 Å². The van der Waals surface area contributed by atoms with Gasteiger partial charge in [0, 0.05) is 25.7 Å². The molecule has 1 rings (SSSR count). The second kappa shape index (κ2) is 6.88. The molecule has 1 fully saturated rings. The van der Waals surface area contributed by atoms with E-state index in [9.17, 15) is 0 Å². The van der Waals surface area contributed by atoms with E-state index in [0.717, 1.165) is 32.0 Å². The fraction of sp³-hybridized carbons (Fsp3) is 1.00. The van der Waals surface area contributed by atoms with Crippen LogP contribution in [0.15, 0.2) is 0 Å². The van der Waals surface area contributed by atoms with Crippen LogP contribution in [0, 0.1) is 11.3 Å². The maximum atomic E-state index is 6.35. The van der Waals surface area contributed by atoms with E-state index in [1.54, 1.807) is 7.11 Å². The van der Waals surface area contributed by atoms with Gasteiger partial charge in [-0.2, -0.15) is 0 Å². The topological polar surface area (TPSA) is 38.5 Å². The lowest BCUT2D eigenvalue weighted by Crippen LogP contribution is -2.53. The molecule has 0 saturated heterocycles. The highest BCUT2D eigenvalue weighted by Gasteiger charge is 2.36. The molecule has 0 heterocycles. The molecule has 0 aromatic rings. The monoisotopic (exact) mass is 256 g/mol. The van der Waals surface area contributed by atoms with E-state index in [1.807, 2.05) is 0 Å². The molecule has 0 aromatic carbocycles. The zero-order valence-electron chi connectivity index (χ0n) is 12.9. The van der Waals surface area contributed by atoms with Gasteiger partial charge in [-0.15, -0.1) is 0 Å². The third-order valence-corrected chi connectivity index (χ3v) is 4.55. The van der Waals surface area contributed by atoms with Gasteiger partial charge in [-0.05, 0) is 37.1 Å². The Morgan fingerprint density at radius 1 is 1.28 bits per heavy atom. The molecule has 0 radical (unpaired) electrons. The largest absolute Gasteiger partial charge is 0.383 e. The minimum absolute atomic E-state index is 0.334. The van der Waals surface area contributed by atoms with E-state index in [0.29, 0.717) is 17.5 Å². The normalized spacial score (nSPS) is 29.8. The predicted molar refractivity (Wildman–Crippen MR) is 77.7 cm³/mol. The first kappa shape index (κ1) is 15.9. The van der Waals surface area contributed by atoms with Crippen molar-refractivity contribution >= 4 is 0 Å². The molecule has 0 aliphatic heterocycles. The van der Waals surface area contributed by atoms with E-state index < -0.39 is 0 Å². The summed E-state index contributed by atoms with van der Waals surface area (Å²) >= 11 is 0. The van der Waals surface area contributed by atoms with Crippen LogP contribution in [0.25, 0.3) is 0 Å². The third kappa shape index (κ3) is 4.22. The second-order valence-corrected chi connectivity index (χ2v) is 6.73. The van der Waals surface area contributed by atoms with Crippen molar-refractivity contribution in [2.45, 2.75) is 59.0 Å². The summed E-state index contributed by atoms with van der Waals surface area (Å²) in [5, 5.41) is 0. The summed E-state index contributed by atoms with van der Waals surface area (Å²) < 4.78 is 5.21. The Bertz CT molecular complexity index is 237. The second-order valence-electron chi connectivity index (χ2n) is 6.73. The minimum atomic E-state index is 0.334. The van der Waals surface area contributed by atoms with E-state index in [-0.39, 0.29) is 0 Å². The van der Waals surface area contributed by atoms with Crippen molar-refractivity contribution in [2.24, 2.45) is 17.1 Å². The third-order valence-electron chi connectivity index (χ3n) is 4.55. The van der Waals surface area contributed by atoms with Crippen molar-refractivity contribution in [2.75, 3.05) is 26.8 Å². The Labute approximate surface area is 113 Å². The molecule has 3 unspecified atom stereocenters. The van der Waals surface area contributed by atoms with Gasteiger partial charge in [0.15, 0.2) is 0 Å². The molecule has 108 valence electrons. The summed E-state index contributed by atoms with van der Waals surface area (Å²) in [7, 11) is 1.77. The Kier molecular flexibility index (Phi) is 6.09. The number of likely N-dealkylation sites (N-methyl/N-ethyl adjacent to an activating group) is 1. The highest BCUT2D eigenvalue weighted by Crippen LogP contribution is 2.38. The SMILES string of the molecule is CCN(CCOC)C1CC(C(C)(C)C)CCC1N. The van der Waals surface area contributed by atoms with Gasteiger partial charge in [-0.1, -0.05) is 27.7 Å². The highest BCUT2D eigenvalue weighted by molar-refractivity contribution is 4.92. The summed E-state index contributed by atoms with van der Waals surface area (Å²) in [5.74, 6) is 0.791. The number of nitrogens with zero attached hydrogens (tertiary/aromatic N) is 1. The minimum Gasteiger partial charge on any atom is -0.383 e. The Morgan fingerprint density at radius 3 is 2.44 bits per heavy atom. The van der Waals surface area contributed by atoms with Gasteiger partial charge in [0.25, 0.3) is 0 Å². The van der Waals surface area contributed by atoms with Crippen molar-refractivity contribution < 1.29 is 4.74 Å². The summed E-state index contributed by atoms with van der Waals surface area (Å²) in [6.07, 6.45) is 3.68. The average molecular weight is 256 g/mol. The smallest absolute Gasteiger partial charge is 0.0589 e. The van der Waals surface area contributed by atoms with Crippen LogP contribution in [0.1, 0.15) is 47.0 Å². The molecule has 0 aromatic heterocycles. The average Bonchev–Trinajstić information content (AvgIpc) is 2.30. The number of hydrogen-bond acceptors (Lipinski definition) is 3. The van der Waals surface area contributed by atoms with Crippen LogP contribution >= 0.6 is 0 Å². The van der Waals surface area contributed by atoms with Gasteiger partial charge >= 0.3 is 0 Å². The van der Waals surface area contributed by atoms with Crippen LogP contribution in [-0.2, 0) is 4.74 Å². The lowest BCUT2D eigenvalue weighted by molar-refractivity contribution is 0.0543. The molecule has 3 nitrogen and oxygen atoms in total. The summed E-state index contributed by atoms with van der Waals surface area (Å²) in [6, 6.07) is 0.864. The first-order valence-corrected chi connectivity index (χ1v) is 7.38. The molecule has 0 amide bonds. The van der Waals surface area contributed by atoms with Crippen molar-refractivity contribution in [3.8, 4) is 0 Å². The Hall–Kier alpha value is -0.120. The number of nitrogens with two attached hydrogens (primary N) is 1. The summed E-state index contributed by atoms with van der Waals surface area (Å²) in [6.45, 7) is 12.2. The van der Waals surface area contributed by atoms with Crippen molar-refractivity contribution in [3.05, 3.63) is 0 Å². The van der Waals surface area contributed by atoms with Gasteiger partial charge in [-0.3, -0.25) is 4.90 Å². The standard InChI is InChI=1S/C15H32N2O/c1-6-17(9-10-18-5)14-11-12(15(2,3)4)7-8-13(14)16/h12-14H,6-11,16H2,1-5H3. The molecule has 0 bridgehead atoms. The molecule has 1 saturated carbocycles. The van der Waals surface area contributed by atoms with Crippen LogP contribution in [0.3, 0.4) is 0 Å². The van der Waals surface area contributed by atoms with Gasteiger partial charge in [0.2, 0.25) is 0 Å². The molecule has 3 atom stereocenters. The van der Waals surface area contributed by atoms with Crippen LogP contribution in [0.4, 0.5) is 0 Å². The first-order chi connectivity index (χ1) is 8.40. The molecule has 3 heteroatoms. The van der Waals surface area contributed by atoms with Gasteiger partial charge < -0.3 is 10.5 Å². The number of methoxy groups -OCH3 is 1.